The average molecular weight is 271 g/mol. The number of carbonyl (C=O) groups is 3. The number of hydrogen-bond donors (Lipinski definition) is 0. The zero-order valence-corrected chi connectivity index (χ0v) is 10.5. The smallest absolute Gasteiger partial charge is 0.374 e. The molecular weight excluding hydrogens is 260 g/mol. The molecule has 1 aromatic rings. The van der Waals surface area contributed by atoms with Crippen LogP contribution in [0.5, 0.6) is 0 Å². The van der Waals surface area contributed by atoms with E-state index < -0.39 is 47.2 Å². The summed E-state index contributed by atoms with van der Waals surface area (Å²) in [5.74, 6) is -3.96. The van der Waals surface area contributed by atoms with Crippen molar-refractivity contribution in [3.05, 3.63) is 22.6 Å². The SMILES string of the molecule is COC(=O)c1oc(C[O])c(C(=O)OC)c1C(=O)OC. The van der Waals surface area contributed by atoms with Gasteiger partial charge in [-0.3, -0.25) is 0 Å². The molecule has 1 rings (SSSR count). The minimum Gasteiger partial charge on any atom is -0.465 e. The largest absolute Gasteiger partial charge is 0.465 e. The highest BCUT2D eigenvalue weighted by atomic mass is 16.5. The van der Waals surface area contributed by atoms with Crippen molar-refractivity contribution in [1.29, 1.82) is 0 Å². The lowest BCUT2D eigenvalue weighted by atomic mass is 10.1. The summed E-state index contributed by atoms with van der Waals surface area (Å²) >= 11 is 0. The molecule has 0 saturated carbocycles. The Morgan fingerprint density at radius 3 is 1.79 bits per heavy atom. The van der Waals surface area contributed by atoms with Gasteiger partial charge in [0.2, 0.25) is 5.76 Å². The van der Waals surface area contributed by atoms with Crippen molar-refractivity contribution in [3.63, 3.8) is 0 Å². The molecule has 0 aromatic carbocycles. The fourth-order valence-electron chi connectivity index (χ4n) is 1.43. The Hall–Kier alpha value is -2.35. The van der Waals surface area contributed by atoms with Crippen molar-refractivity contribution < 1.29 is 38.1 Å². The van der Waals surface area contributed by atoms with Gasteiger partial charge in [-0.05, 0) is 0 Å². The van der Waals surface area contributed by atoms with Crippen molar-refractivity contribution in [1.82, 2.24) is 0 Å². The molecule has 0 aliphatic heterocycles. The Morgan fingerprint density at radius 2 is 1.37 bits per heavy atom. The summed E-state index contributed by atoms with van der Waals surface area (Å²) in [7, 11) is 3.16. The molecule has 0 bridgehead atoms. The molecule has 19 heavy (non-hydrogen) atoms. The van der Waals surface area contributed by atoms with E-state index in [0.717, 1.165) is 21.3 Å². The van der Waals surface area contributed by atoms with E-state index in [0.29, 0.717) is 0 Å². The number of methoxy groups -OCH3 is 3. The normalized spacial score (nSPS) is 9.89. The summed E-state index contributed by atoms with van der Waals surface area (Å²) in [6.07, 6.45) is 0. The van der Waals surface area contributed by atoms with Crippen LogP contribution in [0, 0.1) is 0 Å². The van der Waals surface area contributed by atoms with E-state index >= 15 is 0 Å². The van der Waals surface area contributed by atoms with E-state index in [4.69, 9.17) is 4.42 Å². The highest BCUT2D eigenvalue weighted by Crippen LogP contribution is 2.25. The number of ether oxygens (including phenoxy) is 3. The fraction of sp³-hybridized carbons (Fsp3) is 0.364. The van der Waals surface area contributed by atoms with E-state index in [-0.39, 0.29) is 0 Å². The molecule has 0 N–H and O–H groups in total. The zero-order chi connectivity index (χ0) is 14.6. The van der Waals surface area contributed by atoms with Crippen molar-refractivity contribution in [2.45, 2.75) is 6.61 Å². The zero-order valence-electron chi connectivity index (χ0n) is 10.5. The van der Waals surface area contributed by atoms with Crippen molar-refractivity contribution in [2.75, 3.05) is 21.3 Å². The fourth-order valence-corrected chi connectivity index (χ4v) is 1.43. The van der Waals surface area contributed by atoms with Crippen molar-refractivity contribution in [2.24, 2.45) is 0 Å². The first kappa shape index (κ1) is 14.7. The van der Waals surface area contributed by atoms with Crippen LogP contribution in [0.25, 0.3) is 0 Å². The van der Waals surface area contributed by atoms with Gasteiger partial charge in [0, 0.05) is 0 Å². The van der Waals surface area contributed by atoms with Crippen LogP contribution < -0.4 is 0 Å². The van der Waals surface area contributed by atoms with Gasteiger partial charge >= 0.3 is 17.9 Å². The van der Waals surface area contributed by atoms with E-state index in [1.807, 2.05) is 0 Å². The first-order chi connectivity index (χ1) is 9.01. The predicted molar refractivity (Wildman–Crippen MR) is 57.1 cm³/mol. The maximum atomic E-state index is 11.6. The van der Waals surface area contributed by atoms with Gasteiger partial charge in [0.15, 0.2) is 0 Å². The molecule has 0 fully saturated rings. The number of esters is 3. The summed E-state index contributed by atoms with van der Waals surface area (Å²) in [5, 5.41) is 11.0. The van der Waals surface area contributed by atoms with Gasteiger partial charge in [-0.2, -0.15) is 0 Å². The summed E-state index contributed by atoms with van der Waals surface area (Å²) < 4.78 is 18.2. The van der Waals surface area contributed by atoms with Crippen LogP contribution in [-0.2, 0) is 25.9 Å². The van der Waals surface area contributed by atoms with Gasteiger partial charge in [-0.25, -0.2) is 19.5 Å². The second-order valence-corrected chi connectivity index (χ2v) is 3.22. The Labute approximate surface area is 107 Å². The topological polar surface area (TPSA) is 112 Å². The Balaban J connectivity index is 3.58. The van der Waals surface area contributed by atoms with Crippen LogP contribution in [0.2, 0.25) is 0 Å². The standard InChI is InChI=1S/C11H11O8/c1-16-9(13)6-5(4-12)19-8(11(15)18-3)7(6)10(14)17-2/h4H2,1-3H3. The molecule has 0 amide bonds. The second-order valence-electron chi connectivity index (χ2n) is 3.22. The molecule has 0 saturated heterocycles. The van der Waals surface area contributed by atoms with Gasteiger partial charge in [0.05, 0.1) is 21.3 Å². The maximum Gasteiger partial charge on any atom is 0.374 e. The molecule has 0 aliphatic carbocycles. The first-order valence-electron chi connectivity index (χ1n) is 5.00. The highest BCUT2D eigenvalue weighted by molar-refractivity contribution is 6.10. The molecule has 1 aromatic heterocycles. The minimum atomic E-state index is -1.01. The lowest BCUT2D eigenvalue weighted by Gasteiger charge is -2.02. The van der Waals surface area contributed by atoms with Crippen LogP contribution in [0.4, 0.5) is 0 Å². The Kier molecular flexibility index (Phi) is 4.65. The van der Waals surface area contributed by atoms with Crippen LogP contribution in [-0.4, -0.2) is 39.2 Å². The molecule has 8 nitrogen and oxygen atoms in total. The quantitative estimate of drug-likeness (QED) is 0.581. The number of hydrogen-bond acceptors (Lipinski definition) is 7. The molecule has 0 unspecified atom stereocenters. The third kappa shape index (κ3) is 2.58. The van der Waals surface area contributed by atoms with Gasteiger partial charge in [-0.15, -0.1) is 0 Å². The van der Waals surface area contributed by atoms with Crippen LogP contribution in [0.1, 0.15) is 37.0 Å². The van der Waals surface area contributed by atoms with Crippen molar-refractivity contribution in [3.8, 4) is 0 Å². The summed E-state index contributed by atoms with van der Waals surface area (Å²) in [6.45, 7) is -0.953. The van der Waals surface area contributed by atoms with Crippen LogP contribution >= 0.6 is 0 Å². The van der Waals surface area contributed by atoms with Gasteiger partial charge < -0.3 is 18.6 Å². The molecule has 0 spiro atoms. The van der Waals surface area contributed by atoms with E-state index in [1.54, 1.807) is 0 Å². The number of carbonyl (C=O) groups excluding carboxylic acids is 3. The van der Waals surface area contributed by atoms with Gasteiger partial charge in [0.25, 0.3) is 0 Å². The highest BCUT2D eigenvalue weighted by Gasteiger charge is 2.34. The molecule has 1 heterocycles. The molecule has 103 valence electrons. The summed E-state index contributed by atoms with van der Waals surface area (Å²) in [6, 6.07) is 0. The van der Waals surface area contributed by atoms with Gasteiger partial charge in [-0.1, -0.05) is 0 Å². The Morgan fingerprint density at radius 1 is 0.895 bits per heavy atom. The first-order valence-corrected chi connectivity index (χ1v) is 5.00. The molecule has 0 aliphatic rings. The van der Waals surface area contributed by atoms with E-state index in [2.05, 4.69) is 14.2 Å². The van der Waals surface area contributed by atoms with Crippen LogP contribution in [0.15, 0.2) is 4.42 Å². The van der Waals surface area contributed by atoms with Crippen LogP contribution in [0.3, 0.4) is 0 Å². The molecule has 1 radical (unpaired) electrons. The lowest BCUT2D eigenvalue weighted by molar-refractivity contribution is 0.0521. The predicted octanol–water partition coefficient (Wildman–Crippen LogP) is 0.570. The molecular formula is C11H11O8. The third-order valence-corrected chi connectivity index (χ3v) is 2.26. The third-order valence-electron chi connectivity index (χ3n) is 2.26. The Bertz CT molecular complexity index is 513. The summed E-state index contributed by atoms with van der Waals surface area (Å²) in [5.41, 5.74) is -0.906. The van der Waals surface area contributed by atoms with E-state index in [1.165, 1.54) is 0 Å². The minimum absolute atomic E-state index is 0.396. The number of furan rings is 1. The maximum absolute atomic E-state index is 11.6. The molecule has 0 atom stereocenters. The van der Waals surface area contributed by atoms with Gasteiger partial charge in [0.1, 0.15) is 23.5 Å². The average Bonchev–Trinajstić information content (AvgIpc) is 2.83. The monoisotopic (exact) mass is 271 g/mol. The van der Waals surface area contributed by atoms with E-state index in [9.17, 15) is 19.5 Å². The summed E-state index contributed by atoms with van der Waals surface area (Å²) in [4.78, 5) is 34.7. The van der Waals surface area contributed by atoms with Crippen molar-refractivity contribution >= 4 is 17.9 Å². The number of rotatable bonds is 4. The lowest BCUT2D eigenvalue weighted by Crippen LogP contribution is -2.14. The second kappa shape index (κ2) is 6.01. The molecule has 8 heteroatoms.